The fourth-order valence-electron chi connectivity index (χ4n) is 2.36. The van der Waals surface area contributed by atoms with Gasteiger partial charge in [-0.3, -0.25) is 0 Å². The largest absolute Gasteiger partial charge is 0.370 e. The fraction of sp³-hybridized carbons (Fsp3) is 0.308. The lowest BCUT2D eigenvalue weighted by molar-refractivity contribution is 0.0881. The van der Waals surface area contributed by atoms with E-state index in [0.717, 1.165) is 35.0 Å². The molecule has 0 spiro atoms. The van der Waals surface area contributed by atoms with E-state index in [4.69, 9.17) is 16.4 Å². The number of fused-ring (bicyclic) bond motifs is 1. The minimum Gasteiger partial charge on any atom is -0.370 e. The fourth-order valence-corrected chi connectivity index (χ4v) is 2.53. The molecule has 2 heterocycles. The molecule has 1 aromatic rings. The molecule has 0 saturated carbocycles. The number of hydrogen-bond acceptors (Lipinski definition) is 3. The Morgan fingerprint density at radius 3 is 3.06 bits per heavy atom. The minimum atomic E-state index is -0.0674. The van der Waals surface area contributed by atoms with Crippen LogP contribution in [-0.2, 0) is 11.3 Å². The summed E-state index contributed by atoms with van der Waals surface area (Å²) in [4.78, 5) is 7.52. The second-order valence-electron chi connectivity index (χ2n) is 4.48. The summed E-state index contributed by atoms with van der Waals surface area (Å²) in [7, 11) is 0. The third-order valence-corrected chi connectivity index (χ3v) is 3.37. The molecule has 0 aromatic heterocycles. The molecule has 2 aliphatic rings. The monoisotopic (exact) mass is 248 g/mol. The maximum absolute atomic E-state index is 6.05. The van der Waals surface area contributed by atoms with Gasteiger partial charge in [-0.1, -0.05) is 29.4 Å². The Morgan fingerprint density at radius 2 is 2.35 bits per heavy atom. The van der Waals surface area contributed by atoms with Crippen molar-refractivity contribution in [2.75, 3.05) is 4.90 Å². The molecule has 3 nitrogen and oxygen atoms in total. The van der Waals surface area contributed by atoms with E-state index < -0.39 is 0 Å². The van der Waals surface area contributed by atoms with Gasteiger partial charge in [0.15, 0.2) is 0 Å². The van der Waals surface area contributed by atoms with Crippen molar-refractivity contribution in [3.05, 3.63) is 41.1 Å². The highest BCUT2D eigenvalue weighted by Crippen LogP contribution is 2.38. The molecule has 0 aliphatic carbocycles. The topological polar surface area (TPSA) is 24.8 Å². The zero-order chi connectivity index (χ0) is 12.0. The highest BCUT2D eigenvalue weighted by Gasteiger charge is 2.33. The maximum Gasteiger partial charge on any atom is 0.209 e. The molecule has 0 fully saturated rings. The summed E-state index contributed by atoms with van der Waals surface area (Å²) >= 11 is 6.05. The summed E-state index contributed by atoms with van der Waals surface area (Å²) in [6.07, 6.45) is 1.60. The maximum atomic E-state index is 6.05. The highest BCUT2D eigenvalue weighted by molar-refractivity contribution is 6.30. The van der Waals surface area contributed by atoms with Crippen molar-refractivity contribution >= 4 is 23.0 Å². The molecule has 0 radical (unpaired) electrons. The van der Waals surface area contributed by atoms with E-state index in [-0.39, 0.29) is 6.23 Å². The normalized spacial score (nSPS) is 22.5. The van der Waals surface area contributed by atoms with Crippen LogP contribution in [0, 0.1) is 0 Å². The summed E-state index contributed by atoms with van der Waals surface area (Å²) in [5.74, 6) is 0. The number of anilines is 1. The zero-order valence-electron chi connectivity index (χ0n) is 9.61. The second-order valence-corrected chi connectivity index (χ2v) is 4.91. The van der Waals surface area contributed by atoms with Crippen LogP contribution in [0.15, 0.2) is 35.6 Å². The number of allylic oxidation sites excluding steroid dienone is 1. The van der Waals surface area contributed by atoms with Crippen molar-refractivity contribution in [1.82, 2.24) is 0 Å². The summed E-state index contributed by atoms with van der Waals surface area (Å²) in [5.41, 5.74) is 4.39. The van der Waals surface area contributed by atoms with E-state index in [1.165, 1.54) is 5.56 Å². The molecular weight excluding hydrogens is 236 g/mol. The van der Waals surface area contributed by atoms with Crippen molar-refractivity contribution in [3.8, 4) is 0 Å². The molecular formula is C13H13ClN2O. The number of rotatable bonds is 1. The Labute approximate surface area is 105 Å². The lowest BCUT2D eigenvalue weighted by Gasteiger charge is -2.25. The molecule has 3 rings (SSSR count). The number of nitrogens with zero attached hydrogens (tertiary/aromatic N) is 2. The van der Waals surface area contributed by atoms with Gasteiger partial charge in [-0.2, -0.15) is 0 Å². The first-order valence-electron chi connectivity index (χ1n) is 5.60. The molecule has 1 aromatic carbocycles. The van der Waals surface area contributed by atoms with Crippen molar-refractivity contribution < 1.29 is 4.84 Å². The van der Waals surface area contributed by atoms with E-state index in [9.17, 15) is 0 Å². The van der Waals surface area contributed by atoms with E-state index in [1.807, 2.05) is 25.1 Å². The molecule has 4 heteroatoms. The number of oxime groups is 1. The van der Waals surface area contributed by atoms with Gasteiger partial charge in [0.05, 0.1) is 5.71 Å². The van der Waals surface area contributed by atoms with E-state index in [2.05, 4.69) is 16.6 Å². The van der Waals surface area contributed by atoms with Gasteiger partial charge in [0.1, 0.15) is 0 Å². The Morgan fingerprint density at radius 1 is 1.53 bits per heavy atom. The van der Waals surface area contributed by atoms with Gasteiger partial charge in [0.25, 0.3) is 0 Å². The third-order valence-electron chi connectivity index (χ3n) is 3.13. The highest BCUT2D eigenvalue weighted by atomic mass is 35.5. The van der Waals surface area contributed by atoms with Crippen LogP contribution >= 0.6 is 11.6 Å². The molecule has 0 amide bonds. The zero-order valence-corrected chi connectivity index (χ0v) is 10.4. The SMILES string of the molecule is C=C1Cc2ccc(Cl)cc2N1C1CC(C)=NO1. The average Bonchev–Trinajstić information content (AvgIpc) is 2.81. The number of hydrogen-bond donors (Lipinski definition) is 0. The molecule has 88 valence electrons. The van der Waals surface area contributed by atoms with Gasteiger partial charge in [0.2, 0.25) is 6.23 Å². The van der Waals surface area contributed by atoms with Crippen LogP contribution in [0.4, 0.5) is 5.69 Å². The molecule has 2 aliphatic heterocycles. The first-order valence-corrected chi connectivity index (χ1v) is 5.97. The quantitative estimate of drug-likeness (QED) is 0.762. The molecule has 0 bridgehead atoms. The Bertz CT molecular complexity index is 524. The van der Waals surface area contributed by atoms with Crippen molar-refractivity contribution in [1.29, 1.82) is 0 Å². The molecule has 0 saturated heterocycles. The number of halogens is 1. The summed E-state index contributed by atoms with van der Waals surface area (Å²) in [6, 6.07) is 5.92. The van der Waals surface area contributed by atoms with Crippen molar-refractivity contribution in [2.24, 2.45) is 5.16 Å². The van der Waals surface area contributed by atoms with Crippen molar-refractivity contribution in [2.45, 2.75) is 26.0 Å². The van der Waals surface area contributed by atoms with Crippen LogP contribution in [0.2, 0.25) is 5.02 Å². The van der Waals surface area contributed by atoms with Crippen LogP contribution in [0.1, 0.15) is 18.9 Å². The lowest BCUT2D eigenvalue weighted by atomic mass is 10.1. The third kappa shape index (κ3) is 1.71. The first kappa shape index (κ1) is 10.7. The van der Waals surface area contributed by atoms with Gasteiger partial charge < -0.3 is 9.74 Å². The van der Waals surface area contributed by atoms with Crippen LogP contribution in [0.5, 0.6) is 0 Å². The van der Waals surface area contributed by atoms with Crippen molar-refractivity contribution in [3.63, 3.8) is 0 Å². The summed E-state index contributed by atoms with van der Waals surface area (Å²) in [6.45, 7) is 6.07. The Hall–Kier alpha value is -1.48. The molecule has 17 heavy (non-hydrogen) atoms. The molecule has 0 N–H and O–H groups in total. The van der Waals surface area contributed by atoms with E-state index in [1.54, 1.807) is 0 Å². The van der Waals surface area contributed by atoms with Gasteiger partial charge in [-0.25, -0.2) is 0 Å². The van der Waals surface area contributed by atoms with Gasteiger partial charge >= 0.3 is 0 Å². The van der Waals surface area contributed by atoms with E-state index in [0.29, 0.717) is 0 Å². The second kappa shape index (κ2) is 3.77. The van der Waals surface area contributed by atoms with Gasteiger partial charge in [0, 0.05) is 29.2 Å². The standard InChI is InChI=1S/C13H13ClN2O/c1-8-5-13(17-15-8)16-9(2)6-10-3-4-11(14)7-12(10)16/h3-4,7,13H,2,5-6H2,1H3. The molecule has 1 unspecified atom stereocenters. The smallest absolute Gasteiger partial charge is 0.209 e. The predicted octanol–water partition coefficient (Wildman–Crippen LogP) is 3.34. The van der Waals surface area contributed by atoms with Gasteiger partial charge in [-0.15, -0.1) is 0 Å². The van der Waals surface area contributed by atoms with Crippen LogP contribution < -0.4 is 4.90 Å². The lowest BCUT2D eigenvalue weighted by Crippen LogP contribution is -2.32. The summed E-state index contributed by atoms with van der Waals surface area (Å²) < 4.78 is 0. The predicted molar refractivity (Wildman–Crippen MR) is 69.4 cm³/mol. The summed E-state index contributed by atoms with van der Waals surface area (Å²) in [5, 5.41) is 4.73. The first-order chi connectivity index (χ1) is 8.15. The van der Waals surface area contributed by atoms with Crippen LogP contribution in [-0.4, -0.2) is 11.9 Å². The van der Waals surface area contributed by atoms with Crippen LogP contribution in [0.25, 0.3) is 0 Å². The number of benzene rings is 1. The van der Waals surface area contributed by atoms with E-state index >= 15 is 0 Å². The van der Waals surface area contributed by atoms with Gasteiger partial charge in [-0.05, 0) is 24.6 Å². The molecule has 1 atom stereocenters. The van der Waals surface area contributed by atoms with Crippen LogP contribution in [0.3, 0.4) is 0 Å². The Balaban J connectivity index is 1.97. The Kier molecular flexibility index (Phi) is 2.37. The minimum absolute atomic E-state index is 0.0674. The average molecular weight is 249 g/mol.